The predicted octanol–water partition coefficient (Wildman–Crippen LogP) is 2.08. The molecule has 2 rings (SSSR count). The molecular weight excluding hydrogens is 274 g/mol. The molecule has 0 atom stereocenters. The Bertz CT molecular complexity index is 669. The number of hydrogen-bond acceptors (Lipinski definition) is 3. The maximum Gasteiger partial charge on any atom is 0.278 e. The summed E-state index contributed by atoms with van der Waals surface area (Å²) in [5.74, 6) is -1.70. The Morgan fingerprint density at radius 1 is 1.24 bits per heavy atom. The average molecular weight is 279 g/mol. The number of halogens is 3. The van der Waals surface area contributed by atoms with Gasteiger partial charge in [-0.1, -0.05) is 0 Å². The van der Waals surface area contributed by atoms with Gasteiger partial charge in [0.15, 0.2) is 10.8 Å². The molecule has 0 spiro atoms. The molecule has 4 nitrogen and oxygen atoms in total. The molecule has 0 aliphatic carbocycles. The summed E-state index contributed by atoms with van der Waals surface area (Å²) in [5.41, 5.74) is -0.198. The fourth-order valence-corrected chi connectivity index (χ4v) is 2.24. The van der Waals surface area contributed by atoms with Gasteiger partial charge in [-0.15, -0.1) is 0 Å². The Morgan fingerprint density at radius 3 is 2.53 bits per heavy atom. The lowest BCUT2D eigenvalue weighted by Gasteiger charge is -2.05. The molecule has 90 valence electrons. The summed E-state index contributed by atoms with van der Waals surface area (Å²) in [4.78, 5) is 0. The third-order valence-corrected chi connectivity index (χ3v) is 3.28. The number of rotatable bonds is 2. The van der Waals surface area contributed by atoms with Crippen LogP contribution in [0.15, 0.2) is 35.5 Å². The monoisotopic (exact) mass is 278 g/mol. The molecule has 0 amide bonds. The van der Waals surface area contributed by atoms with Crippen LogP contribution in [-0.4, -0.2) is 18.2 Å². The summed E-state index contributed by atoms with van der Waals surface area (Å²) < 4.78 is 49.3. The van der Waals surface area contributed by atoms with Crippen LogP contribution >= 0.6 is 10.7 Å². The average Bonchev–Trinajstić information content (AvgIpc) is 2.65. The van der Waals surface area contributed by atoms with Crippen molar-refractivity contribution in [3.8, 4) is 5.69 Å². The molecule has 0 saturated carbocycles. The van der Waals surface area contributed by atoms with E-state index < -0.39 is 20.7 Å². The predicted molar refractivity (Wildman–Crippen MR) is 56.5 cm³/mol. The van der Waals surface area contributed by atoms with Crippen LogP contribution in [0.3, 0.4) is 0 Å². The minimum atomic E-state index is -4.05. The second kappa shape index (κ2) is 4.08. The van der Waals surface area contributed by atoms with Crippen LogP contribution in [0.1, 0.15) is 0 Å². The van der Waals surface area contributed by atoms with Crippen LogP contribution in [0.2, 0.25) is 0 Å². The van der Waals surface area contributed by atoms with E-state index in [1.54, 1.807) is 0 Å². The first-order valence-corrected chi connectivity index (χ1v) is 6.64. The normalized spacial score (nSPS) is 11.7. The number of hydrogen-bond donors (Lipinski definition) is 0. The molecule has 0 aliphatic rings. The summed E-state index contributed by atoms with van der Waals surface area (Å²) in [7, 11) is 1.10. The van der Waals surface area contributed by atoms with E-state index in [1.807, 2.05) is 0 Å². The molecule has 0 aliphatic heterocycles. The Morgan fingerprint density at radius 2 is 1.94 bits per heavy atom. The van der Waals surface area contributed by atoms with Crippen LogP contribution in [0, 0.1) is 11.6 Å². The molecule has 8 heteroatoms. The molecule has 0 N–H and O–H groups in total. The second-order valence-corrected chi connectivity index (χ2v) is 5.63. The molecule has 0 unspecified atom stereocenters. The SMILES string of the molecule is O=S(=O)(Cl)c1ccnn1-c1ccc(F)cc1F. The maximum atomic E-state index is 13.4. The van der Waals surface area contributed by atoms with Crippen molar-refractivity contribution < 1.29 is 17.2 Å². The van der Waals surface area contributed by atoms with E-state index >= 15 is 0 Å². The van der Waals surface area contributed by atoms with E-state index in [-0.39, 0.29) is 10.7 Å². The summed E-state index contributed by atoms with van der Waals surface area (Å²) in [6, 6.07) is 3.81. The maximum absolute atomic E-state index is 13.4. The van der Waals surface area contributed by atoms with Crippen molar-refractivity contribution in [2.24, 2.45) is 0 Å². The molecule has 1 heterocycles. The lowest BCUT2D eigenvalue weighted by atomic mass is 10.3. The highest BCUT2D eigenvalue weighted by Gasteiger charge is 2.19. The van der Waals surface area contributed by atoms with Gasteiger partial charge in [0.2, 0.25) is 0 Å². The van der Waals surface area contributed by atoms with Crippen molar-refractivity contribution in [1.29, 1.82) is 0 Å². The summed E-state index contributed by atoms with van der Waals surface area (Å²) >= 11 is 0. The minimum Gasteiger partial charge on any atom is -0.218 e. The van der Waals surface area contributed by atoms with Crippen LogP contribution < -0.4 is 0 Å². The van der Waals surface area contributed by atoms with Crippen LogP contribution in [0.5, 0.6) is 0 Å². The molecule has 2 aromatic rings. The van der Waals surface area contributed by atoms with E-state index in [9.17, 15) is 17.2 Å². The zero-order valence-electron chi connectivity index (χ0n) is 8.14. The van der Waals surface area contributed by atoms with Crippen molar-refractivity contribution in [3.05, 3.63) is 42.1 Å². The van der Waals surface area contributed by atoms with E-state index in [4.69, 9.17) is 10.7 Å². The standard InChI is InChI=1S/C9H5ClF2N2O2S/c10-17(15,16)9-3-4-13-14(9)8-2-1-6(11)5-7(8)12/h1-5H. The zero-order chi connectivity index (χ0) is 12.6. The zero-order valence-corrected chi connectivity index (χ0v) is 9.71. The van der Waals surface area contributed by atoms with E-state index in [2.05, 4.69) is 5.10 Å². The Labute approximate surface area is 99.9 Å². The summed E-state index contributed by atoms with van der Waals surface area (Å²) in [5, 5.41) is 3.25. The summed E-state index contributed by atoms with van der Waals surface area (Å²) in [6.45, 7) is 0. The first-order valence-electron chi connectivity index (χ1n) is 4.34. The number of aromatic nitrogens is 2. The van der Waals surface area contributed by atoms with Crippen LogP contribution in [0.25, 0.3) is 5.69 Å². The molecule has 0 fully saturated rings. The Kier molecular flexibility index (Phi) is 2.88. The summed E-state index contributed by atoms with van der Waals surface area (Å²) in [6.07, 6.45) is 1.15. The highest BCUT2D eigenvalue weighted by molar-refractivity contribution is 8.13. The molecule has 1 aromatic heterocycles. The van der Waals surface area contributed by atoms with Crippen LogP contribution in [-0.2, 0) is 9.05 Å². The first kappa shape index (κ1) is 12.0. The van der Waals surface area contributed by atoms with Gasteiger partial charge >= 0.3 is 0 Å². The molecular formula is C9H5ClF2N2O2S. The van der Waals surface area contributed by atoms with Crippen molar-refractivity contribution >= 4 is 19.7 Å². The van der Waals surface area contributed by atoms with Gasteiger partial charge in [-0.2, -0.15) is 5.10 Å². The lowest BCUT2D eigenvalue weighted by molar-refractivity contribution is 0.565. The quantitative estimate of drug-likeness (QED) is 0.790. The van der Waals surface area contributed by atoms with Crippen LogP contribution in [0.4, 0.5) is 8.78 Å². The lowest BCUT2D eigenvalue weighted by Crippen LogP contribution is -2.06. The third kappa shape index (κ3) is 2.29. The molecule has 0 radical (unpaired) electrons. The van der Waals surface area contributed by atoms with Gasteiger partial charge in [0.25, 0.3) is 9.05 Å². The number of nitrogens with zero attached hydrogens (tertiary/aromatic N) is 2. The molecule has 0 bridgehead atoms. The molecule has 1 aromatic carbocycles. The third-order valence-electron chi connectivity index (χ3n) is 2.00. The van der Waals surface area contributed by atoms with Gasteiger partial charge in [-0.3, -0.25) is 0 Å². The first-order chi connectivity index (χ1) is 7.89. The van der Waals surface area contributed by atoms with E-state index in [1.165, 1.54) is 0 Å². The van der Waals surface area contributed by atoms with Gasteiger partial charge in [-0.25, -0.2) is 21.9 Å². The second-order valence-electron chi connectivity index (χ2n) is 3.11. The highest BCUT2D eigenvalue weighted by atomic mass is 35.7. The topological polar surface area (TPSA) is 52.0 Å². The van der Waals surface area contributed by atoms with Crippen molar-refractivity contribution in [2.75, 3.05) is 0 Å². The smallest absolute Gasteiger partial charge is 0.218 e. The van der Waals surface area contributed by atoms with Crippen molar-refractivity contribution in [1.82, 2.24) is 9.78 Å². The fraction of sp³-hybridized carbons (Fsp3) is 0. The van der Waals surface area contributed by atoms with Gasteiger partial charge in [-0.05, 0) is 18.2 Å². The van der Waals surface area contributed by atoms with Gasteiger partial charge in [0.05, 0.1) is 6.20 Å². The van der Waals surface area contributed by atoms with Crippen molar-refractivity contribution in [3.63, 3.8) is 0 Å². The minimum absolute atomic E-state index is 0.198. The van der Waals surface area contributed by atoms with Gasteiger partial charge < -0.3 is 0 Å². The Hall–Kier alpha value is -1.47. The van der Waals surface area contributed by atoms with E-state index in [0.717, 1.165) is 29.1 Å². The molecule has 17 heavy (non-hydrogen) atoms. The molecule has 0 saturated heterocycles. The fourth-order valence-electron chi connectivity index (χ4n) is 1.31. The number of benzene rings is 1. The van der Waals surface area contributed by atoms with Crippen molar-refractivity contribution in [2.45, 2.75) is 5.03 Å². The van der Waals surface area contributed by atoms with Gasteiger partial charge in [0, 0.05) is 16.7 Å². The highest BCUT2D eigenvalue weighted by Crippen LogP contribution is 2.21. The van der Waals surface area contributed by atoms with Gasteiger partial charge in [0.1, 0.15) is 11.5 Å². The van der Waals surface area contributed by atoms with E-state index in [0.29, 0.717) is 6.07 Å². The largest absolute Gasteiger partial charge is 0.278 e. The Balaban J connectivity index is 2.66.